The predicted octanol–water partition coefficient (Wildman–Crippen LogP) is 5.28. The van der Waals surface area contributed by atoms with Crippen molar-refractivity contribution in [3.63, 3.8) is 0 Å². The number of imidazole rings is 1. The van der Waals surface area contributed by atoms with Crippen molar-refractivity contribution < 1.29 is 4.39 Å². The number of nitrogens with one attached hydrogen (secondary N) is 2. The Bertz CT molecular complexity index is 1550. The highest BCUT2D eigenvalue weighted by Crippen LogP contribution is 2.29. The van der Waals surface area contributed by atoms with E-state index in [1.54, 1.807) is 30.3 Å². The summed E-state index contributed by atoms with van der Waals surface area (Å²) in [4.78, 5) is 29.1. The Morgan fingerprint density at radius 2 is 1.97 bits per heavy atom. The molecule has 5 rings (SSSR count). The van der Waals surface area contributed by atoms with Gasteiger partial charge >= 0.3 is 0 Å². The van der Waals surface area contributed by atoms with E-state index in [9.17, 15) is 9.18 Å². The second kappa shape index (κ2) is 7.89. The molecule has 2 aromatic carbocycles. The molecule has 10 heteroatoms. The highest BCUT2D eigenvalue weighted by molar-refractivity contribution is 6.35. The van der Waals surface area contributed by atoms with Crippen LogP contribution < -0.4 is 10.9 Å². The lowest BCUT2D eigenvalue weighted by Crippen LogP contribution is -2.26. The number of pyridine rings is 1. The van der Waals surface area contributed by atoms with Gasteiger partial charge in [0.1, 0.15) is 17.7 Å². The summed E-state index contributed by atoms with van der Waals surface area (Å²) in [6.45, 7) is 1.89. The van der Waals surface area contributed by atoms with Crippen LogP contribution in [-0.4, -0.2) is 24.5 Å². The lowest BCUT2D eigenvalue weighted by molar-refractivity contribution is 0.629. The summed E-state index contributed by atoms with van der Waals surface area (Å²) in [5, 5.41) is 4.17. The number of fused-ring (bicyclic) bond motifs is 2. The van der Waals surface area contributed by atoms with E-state index in [0.717, 1.165) is 0 Å². The van der Waals surface area contributed by atoms with Crippen molar-refractivity contribution in [3.05, 3.63) is 87.0 Å². The summed E-state index contributed by atoms with van der Waals surface area (Å²) in [6.07, 6.45) is 2.94. The van der Waals surface area contributed by atoms with Gasteiger partial charge in [0.15, 0.2) is 11.5 Å². The first-order valence-electron chi connectivity index (χ1n) is 9.64. The van der Waals surface area contributed by atoms with Gasteiger partial charge in [-0.25, -0.2) is 19.3 Å². The highest BCUT2D eigenvalue weighted by atomic mass is 35.5. The predicted molar refractivity (Wildman–Crippen MR) is 123 cm³/mol. The molecule has 5 aromatic rings. The van der Waals surface area contributed by atoms with Crippen LogP contribution in [0.4, 0.5) is 10.2 Å². The van der Waals surface area contributed by atoms with Crippen molar-refractivity contribution in [1.29, 1.82) is 0 Å². The van der Waals surface area contributed by atoms with Gasteiger partial charge in [0.05, 0.1) is 28.5 Å². The lowest BCUT2D eigenvalue weighted by Gasteiger charge is -2.22. The molecule has 3 aromatic heterocycles. The van der Waals surface area contributed by atoms with Crippen LogP contribution in [0, 0.1) is 5.82 Å². The molecule has 0 aliphatic carbocycles. The van der Waals surface area contributed by atoms with Crippen LogP contribution in [0.15, 0.2) is 59.9 Å². The fourth-order valence-electron chi connectivity index (χ4n) is 3.71. The van der Waals surface area contributed by atoms with Crippen molar-refractivity contribution in [1.82, 2.24) is 24.5 Å². The maximum absolute atomic E-state index is 14.2. The van der Waals surface area contributed by atoms with Crippen LogP contribution in [0.5, 0.6) is 0 Å². The number of nitrogens with zero attached hydrogens (tertiary/aromatic N) is 4. The van der Waals surface area contributed by atoms with Gasteiger partial charge in [-0.2, -0.15) is 0 Å². The van der Waals surface area contributed by atoms with E-state index in [1.807, 2.05) is 6.92 Å². The van der Waals surface area contributed by atoms with Crippen LogP contribution in [0.3, 0.4) is 0 Å². The zero-order chi connectivity index (χ0) is 22.4. The molecule has 0 aliphatic rings. The Hall–Kier alpha value is -3.49. The number of rotatable bonds is 4. The third kappa shape index (κ3) is 3.37. The van der Waals surface area contributed by atoms with Gasteiger partial charge < -0.3 is 10.3 Å². The van der Waals surface area contributed by atoms with Crippen LogP contribution in [0.1, 0.15) is 18.7 Å². The minimum atomic E-state index is -0.657. The van der Waals surface area contributed by atoms with E-state index in [0.29, 0.717) is 38.8 Å². The van der Waals surface area contributed by atoms with Crippen molar-refractivity contribution in [3.8, 4) is 5.69 Å². The van der Waals surface area contributed by atoms with Gasteiger partial charge in [0.2, 0.25) is 0 Å². The molecule has 32 heavy (non-hydrogen) atoms. The number of anilines is 1. The summed E-state index contributed by atoms with van der Waals surface area (Å²) in [6, 6.07) is 11.0. The fourth-order valence-corrected chi connectivity index (χ4v) is 4.15. The molecule has 0 fully saturated rings. The summed E-state index contributed by atoms with van der Waals surface area (Å²) < 4.78 is 15.6. The maximum Gasteiger partial charge on any atom is 0.264 e. The number of benzene rings is 2. The van der Waals surface area contributed by atoms with Crippen molar-refractivity contribution in [2.24, 2.45) is 0 Å². The largest absolute Gasteiger partial charge is 0.360 e. The molecule has 0 spiro atoms. The first-order chi connectivity index (χ1) is 15.4. The molecule has 1 atom stereocenters. The summed E-state index contributed by atoms with van der Waals surface area (Å²) in [5.74, 6) is -0.127. The normalized spacial score (nSPS) is 12.4. The average molecular weight is 469 g/mol. The van der Waals surface area contributed by atoms with Crippen LogP contribution >= 0.6 is 23.2 Å². The molecule has 0 bridgehead atoms. The Morgan fingerprint density at radius 3 is 2.78 bits per heavy atom. The Balaban J connectivity index is 1.74. The van der Waals surface area contributed by atoms with E-state index >= 15 is 0 Å². The minimum absolute atomic E-state index is 0.0978. The highest BCUT2D eigenvalue weighted by Gasteiger charge is 2.20. The molecule has 0 radical (unpaired) electrons. The Morgan fingerprint density at radius 1 is 1.12 bits per heavy atom. The molecule has 0 unspecified atom stereocenters. The molecular weight excluding hydrogens is 454 g/mol. The van der Waals surface area contributed by atoms with Crippen molar-refractivity contribution in [2.75, 3.05) is 5.32 Å². The third-order valence-corrected chi connectivity index (χ3v) is 5.80. The second-order valence-corrected chi connectivity index (χ2v) is 8.02. The van der Waals surface area contributed by atoms with Gasteiger partial charge in [-0.3, -0.25) is 9.36 Å². The summed E-state index contributed by atoms with van der Waals surface area (Å²) in [5.41, 5.74) is 1.85. The maximum atomic E-state index is 14.2. The number of halogens is 3. The topological polar surface area (TPSA) is 88.5 Å². The standard InChI is InChI=1S/C22H15Cl2FN6O/c1-11(30-21-19-20(27-9-26-19)28-10-29-21)16-7-12-5-6-15(25)18(24)17(12)22(32)31(16)14-4-2-3-13(23)8-14/h2-11H,1H3,(H2,26,27,28,29,30)/t11-/m0/s1. The number of H-pyrrole nitrogens is 1. The van der Waals surface area contributed by atoms with Crippen LogP contribution in [-0.2, 0) is 0 Å². The molecule has 0 saturated carbocycles. The molecule has 0 amide bonds. The van der Waals surface area contributed by atoms with Gasteiger partial charge in [0, 0.05) is 10.7 Å². The quantitative estimate of drug-likeness (QED) is 0.374. The zero-order valence-corrected chi connectivity index (χ0v) is 18.1. The molecule has 160 valence electrons. The van der Waals surface area contributed by atoms with E-state index in [2.05, 4.69) is 25.3 Å². The Kier molecular flexibility index (Phi) is 5.03. The van der Waals surface area contributed by atoms with Gasteiger partial charge in [-0.15, -0.1) is 0 Å². The van der Waals surface area contributed by atoms with Gasteiger partial charge in [-0.1, -0.05) is 35.3 Å². The monoisotopic (exact) mass is 468 g/mol. The van der Waals surface area contributed by atoms with E-state index in [1.165, 1.54) is 29.4 Å². The van der Waals surface area contributed by atoms with Crippen LogP contribution in [0.2, 0.25) is 10.0 Å². The number of aromatic amines is 1. The lowest BCUT2D eigenvalue weighted by atomic mass is 10.1. The molecule has 3 heterocycles. The molecule has 2 N–H and O–H groups in total. The first-order valence-corrected chi connectivity index (χ1v) is 10.4. The fraction of sp³-hybridized carbons (Fsp3) is 0.0909. The number of hydrogen-bond acceptors (Lipinski definition) is 5. The van der Waals surface area contributed by atoms with Crippen molar-refractivity contribution in [2.45, 2.75) is 13.0 Å². The molecule has 0 aliphatic heterocycles. The number of hydrogen-bond donors (Lipinski definition) is 2. The number of aromatic nitrogens is 5. The van der Waals surface area contributed by atoms with Gasteiger partial charge in [-0.05, 0) is 42.6 Å². The summed E-state index contributed by atoms with van der Waals surface area (Å²) in [7, 11) is 0. The minimum Gasteiger partial charge on any atom is -0.360 e. The third-order valence-electron chi connectivity index (χ3n) is 5.19. The summed E-state index contributed by atoms with van der Waals surface area (Å²) >= 11 is 12.4. The SMILES string of the molecule is C[C@H](Nc1ncnc2nc[nH]c12)c1cc2ccc(F)c(Cl)c2c(=O)n1-c1cccc(Cl)c1. The second-order valence-electron chi connectivity index (χ2n) is 7.20. The zero-order valence-electron chi connectivity index (χ0n) is 16.6. The molecule has 7 nitrogen and oxygen atoms in total. The van der Waals surface area contributed by atoms with E-state index in [4.69, 9.17) is 23.2 Å². The Labute approximate surface area is 190 Å². The average Bonchev–Trinajstić information content (AvgIpc) is 3.26. The van der Waals surface area contributed by atoms with E-state index in [-0.39, 0.29) is 10.4 Å². The van der Waals surface area contributed by atoms with E-state index < -0.39 is 17.4 Å². The first kappa shape index (κ1) is 20.4. The van der Waals surface area contributed by atoms with Crippen molar-refractivity contribution >= 4 is 51.0 Å². The van der Waals surface area contributed by atoms with Crippen LogP contribution in [0.25, 0.3) is 27.6 Å². The van der Waals surface area contributed by atoms with Gasteiger partial charge in [0.25, 0.3) is 5.56 Å². The smallest absolute Gasteiger partial charge is 0.264 e. The molecule has 0 saturated heterocycles. The molecular formula is C22H15Cl2FN6O.